The van der Waals surface area contributed by atoms with Crippen molar-refractivity contribution in [2.45, 2.75) is 32.7 Å². The number of nitriles is 1. The van der Waals surface area contributed by atoms with E-state index in [-0.39, 0.29) is 18.0 Å². The summed E-state index contributed by atoms with van der Waals surface area (Å²) in [4.78, 5) is 11.7. The van der Waals surface area contributed by atoms with Gasteiger partial charge in [-0.25, -0.2) is 0 Å². The quantitative estimate of drug-likeness (QED) is 0.844. The second-order valence-electron chi connectivity index (χ2n) is 4.41. The molecule has 0 unspecified atom stereocenters. The predicted octanol–water partition coefficient (Wildman–Crippen LogP) is 2.34. The van der Waals surface area contributed by atoms with Gasteiger partial charge in [0.05, 0.1) is 12.1 Å². The predicted molar refractivity (Wildman–Crippen MR) is 70.0 cm³/mol. The van der Waals surface area contributed by atoms with Crippen molar-refractivity contribution in [2.75, 3.05) is 11.9 Å². The molecule has 1 rings (SSSR count). The molecule has 1 aromatic rings. The van der Waals surface area contributed by atoms with Crippen LogP contribution >= 0.6 is 11.3 Å². The third kappa shape index (κ3) is 4.17. The number of carbonyl (C=O) groups excluding carboxylic acids is 1. The third-order valence-electron chi connectivity index (χ3n) is 2.65. The number of thiophene rings is 1. The molecule has 0 aliphatic carbocycles. The Morgan fingerprint density at radius 2 is 2.29 bits per heavy atom. The number of nitrogens with one attached hydrogen (secondary N) is 2. The number of amides is 1. The molecule has 4 nitrogen and oxygen atoms in total. The van der Waals surface area contributed by atoms with Crippen LogP contribution in [0.4, 0.5) is 5.00 Å². The summed E-state index contributed by atoms with van der Waals surface area (Å²) in [5.74, 6) is -0.120. The van der Waals surface area contributed by atoms with E-state index in [0.717, 1.165) is 6.42 Å². The molecule has 0 aliphatic heterocycles. The van der Waals surface area contributed by atoms with Crippen LogP contribution in [-0.4, -0.2) is 18.0 Å². The SMILES string of the molecule is CCC(C)(C)NCC(=O)Nc1sccc1C#N. The van der Waals surface area contributed by atoms with E-state index in [1.165, 1.54) is 11.3 Å². The van der Waals surface area contributed by atoms with E-state index >= 15 is 0 Å². The molecule has 1 heterocycles. The van der Waals surface area contributed by atoms with Crippen LogP contribution in [0.5, 0.6) is 0 Å². The average molecular weight is 251 g/mol. The molecule has 5 heteroatoms. The van der Waals surface area contributed by atoms with Crippen LogP contribution in [0.3, 0.4) is 0 Å². The second kappa shape index (κ2) is 5.80. The van der Waals surface area contributed by atoms with Gasteiger partial charge in [0.15, 0.2) is 0 Å². The van der Waals surface area contributed by atoms with Gasteiger partial charge in [0, 0.05) is 5.54 Å². The lowest BCUT2D eigenvalue weighted by Crippen LogP contribution is -2.43. The van der Waals surface area contributed by atoms with E-state index in [2.05, 4.69) is 17.6 Å². The first-order chi connectivity index (χ1) is 7.98. The number of rotatable bonds is 5. The first kappa shape index (κ1) is 13.7. The lowest BCUT2D eigenvalue weighted by Gasteiger charge is -2.23. The third-order valence-corrected chi connectivity index (χ3v) is 3.48. The van der Waals surface area contributed by atoms with Crippen LogP contribution in [0.15, 0.2) is 11.4 Å². The largest absolute Gasteiger partial charge is 0.315 e. The van der Waals surface area contributed by atoms with Gasteiger partial charge in [-0.2, -0.15) is 5.26 Å². The van der Waals surface area contributed by atoms with Crippen molar-refractivity contribution < 1.29 is 4.79 Å². The van der Waals surface area contributed by atoms with E-state index in [9.17, 15) is 4.79 Å². The maximum absolute atomic E-state index is 11.7. The fourth-order valence-electron chi connectivity index (χ4n) is 1.11. The number of hydrogen-bond donors (Lipinski definition) is 2. The zero-order chi connectivity index (χ0) is 12.9. The van der Waals surface area contributed by atoms with Gasteiger partial charge in [-0.1, -0.05) is 6.92 Å². The Balaban J connectivity index is 2.49. The highest BCUT2D eigenvalue weighted by Crippen LogP contribution is 2.21. The van der Waals surface area contributed by atoms with Crippen LogP contribution in [0.25, 0.3) is 0 Å². The molecule has 0 aliphatic rings. The van der Waals surface area contributed by atoms with E-state index < -0.39 is 0 Å². The monoisotopic (exact) mass is 251 g/mol. The summed E-state index contributed by atoms with van der Waals surface area (Å²) in [7, 11) is 0. The zero-order valence-electron chi connectivity index (χ0n) is 10.3. The minimum Gasteiger partial charge on any atom is -0.315 e. The second-order valence-corrected chi connectivity index (χ2v) is 5.33. The molecule has 17 heavy (non-hydrogen) atoms. The fourth-order valence-corrected chi connectivity index (χ4v) is 1.86. The Labute approximate surface area is 106 Å². The Bertz CT molecular complexity index is 431. The molecule has 0 aromatic carbocycles. The van der Waals surface area contributed by atoms with E-state index in [1.807, 2.05) is 19.9 Å². The number of carbonyl (C=O) groups is 1. The number of nitrogens with zero attached hydrogens (tertiary/aromatic N) is 1. The van der Waals surface area contributed by atoms with Gasteiger partial charge in [-0.05, 0) is 31.7 Å². The Hall–Kier alpha value is -1.38. The fraction of sp³-hybridized carbons (Fsp3) is 0.500. The van der Waals surface area contributed by atoms with Crippen molar-refractivity contribution >= 4 is 22.2 Å². The van der Waals surface area contributed by atoms with Crippen molar-refractivity contribution in [3.63, 3.8) is 0 Å². The molecule has 0 saturated carbocycles. The smallest absolute Gasteiger partial charge is 0.238 e. The van der Waals surface area contributed by atoms with Gasteiger partial charge >= 0.3 is 0 Å². The van der Waals surface area contributed by atoms with E-state index in [0.29, 0.717) is 10.6 Å². The highest BCUT2D eigenvalue weighted by atomic mass is 32.1. The van der Waals surface area contributed by atoms with Crippen molar-refractivity contribution in [3.8, 4) is 6.07 Å². The van der Waals surface area contributed by atoms with Gasteiger partial charge in [0.2, 0.25) is 5.91 Å². The summed E-state index contributed by atoms with van der Waals surface area (Å²) >= 11 is 1.36. The summed E-state index contributed by atoms with van der Waals surface area (Å²) in [6.45, 7) is 6.42. The Morgan fingerprint density at radius 3 is 2.88 bits per heavy atom. The molecule has 0 bridgehead atoms. The minimum absolute atomic E-state index is 0.0507. The van der Waals surface area contributed by atoms with Crippen LogP contribution in [0.2, 0.25) is 0 Å². The van der Waals surface area contributed by atoms with Crippen LogP contribution in [-0.2, 0) is 4.79 Å². The van der Waals surface area contributed by atoms with Crippen LogP contribution in [0, 0.1) is 11.3 Å². The lowest BCUT2D eigenvalue weighted by atomic mass is 10.0. The van der Waals surface area contributed by atoms with Crippen molar-refractivity contribution in [1.29, 1.82) is 5.26 Å². The summed E-state index contributed by atoms with van der Waals surface area (Å²) < 4.78 is 0. The van der Waals surface area contributed by atoms with Crippen LogP contribution < -0.4 is 10.6 Å². The summed E-state index contributed by atoms with van der Waals surface area (Å²) in [5, 5.41) is 17.1. The molecule has 1 amide bonds. The Kier molecular flexibility index (Phi) is 4.67. The molecular formula is C12H17N3OS. The summed E-state index contributed by atoms with van der Waals surface area (Å²) in [6.07, 6.45) is 0.947. The maximum Gasteiger partial charge on any atom is 0.238 e. The average Bonchev–Trinajstić information content (AvgIpc) is 2.74. The maximum atomic E-state index is 11.7. The van der Waals surface area contributed by atoms with Gasteiger partial charge in [0.25, 0.3) is 0 Å². The van der Waals surface area contributed by atoms with Gasteiger partial charge in [0.1, 0.15) is 11.1 Å². The summed E-state index contributed by atoms with van der Waals surface area (Å²) in [5.41, 5.74) is 0.461. The van der Waals surface area contributed by atoms with Crippen molar-refractivity contribution in [3.05, 3.63) is 17.0 Å². The minimum atomic E-state index is -0.120. The van der Waals surface area contributed by atoms with Gasteiger partial charge in [-0.3, -0.25) is 4.79 Å². The molecule has 92 valence electrons. The molecule has 1 aromatic heterocycles. The van der Waals surface area contributed by atoms with Crippen molar-refractivity contribution in [2.24, 2.45) is 0 Å². The highest BCUT2D eigenvalue weighted by Gasteiger charge is 2.16. The molecule has 0 spiro atoms. The summed E-state index contributed by atoms with van der Waals surface area (Å²) in [6, 6.07) is 3.74. The molecule has 0 atom stereocenters. The first-order valence-corrected chi connectivity index (χ1v) is 6.39. The molecule has 0 radical (unpaired) electrons. The lowest BCUT2D eigenvalue weighted by molar-refractivity contribution is -0.115. The highest BCUT2D eigenvalue weighted by molar-refractivity contribution is 7.14. The van der Waals surface area contributed by atoms with E-state index in [1.54, 1.807) is 11.4 Å². The number of anilines is 1. The van der Waals surface area contributed by atoms with Gasteiger partial charge in [-0.15, -0.1) is 11.3 Å². The van der Waals surface area contributed by atoms with Crippen LogP contribution in [0.1, 0.15) is 32.8 Å². The van der Waals surface area contributed by atoms with Crippen molar-refractivity contribution in [1.82, 2.24) is 5.32 Å². The molecular weight excluding hydrogens is 234 g/mol. The molecule has 0 saturated heterocycles. The topological polar surface area (TPSA) is 64.9 Å². The standard InChI is InChI=1S/C12H17N3OS/c1-4-12(2,3)14-8-10(16)15-11-9(7-13)5-6-17-11/h5-6,14H,4,8H2,1-3H3,(H,15,16). The zero-order valence-corrected chi connectivity index (χ0v) is 11.1. The normalized spacial score (nSPS) is 10.9. The first-order valence-electron chi connectivity index (χ1n) is 5.51. The van der Waals surface area contributed by atoms with E-state index in [4.69, 9.17) is 5.26 Å². The van der Waals surface area contributed by atoms with Gasteiger partial charge < -0.3 is 10.6 Å². The number of hydrogen-bond acceptors (Lipinski definition) is 4. The molecule has 0 fully saturated rings. The Morgan fingerprint density at radius 1 is 1.59 bits per heavy atom. The molecule has 2 N–H and O–H groups in total.